The van der Waals surface area contributed by atoms with Crippen molar-refractivity contribution < 1.29 is 4.74 Å². The summed E-state index contributed by atoms with van der Waals surface area (Å²) in [5.41, 5.74) is 2.75. The minimum atomic E-state index is -0.425. The average Bonchev–Trinajstić information content (AvgIpc) is 3.20. The van der Waals surface area contributed by atoms with E-state index in [9.17, 15) is 9.59 Å². The van der Waals surface area contributed by atoms with Gasteiger partial charge in [-0.05, 0) is 31.5 Å². The molecule has 0 aliphatic heterocycles. The number of methoxy groups -OCH3 is 1. The van der Waals surface area contributed by atoms with Crippen LogP contribution in [0, 0.1) is 6.92 Å². The van der Waals surface area contributed by atoms with Gasteiger partial charge < -0.3 is 9.30 Å². The molecule has 154 valence electrons. The lowest BCUT2D eigenvalue weighted by atomic mass is 10.1. The molecule has 0 radical (unpaired) electrons. The van der Waals surface area contributed by atoms with Crippen LogP contribution in [0.15, 0.2) is 70.5 Å². The van der Waals surface area contributed by atoms with Gasteiger partial charge in [0, 0.05) is 7.11 Å². The summed E-state index contributed by atoms with van der Waals surface area (Å²) in [5.74, 6) is 0. The number of hydrogen-bond donors (Lipinski definition) is 0. The second kappa shape index (κ2) is 8.12. The summed E-state index contributed by atoms with van der Waals surface area (Å²) < 4.78 is 9.68. The van der Waals surface area contributed by atoms with Crippen LogP contribution in [-0.2, 0) is 11.3 Å². The molecule has 0 aliphatic carbocycles. The summed E-state index contributed by atoms with van der Waals surface area (Å²) in [6.45, 7) is 4.42. The van der Waals surface area contributed by atoms with E-state index in [0.717, 1.165) is 11.1 Å². The topological polar surface area (TPSA) is 71.1 Å². The fourth-order valence-corrected chi connectivity index (χ4v) is 3.64. The summed E-state index contributed by atoms with van der Waals surface area (Å²) in [6, 6.07) is 17.4. The monoisotopic (exact) mass is 404 g/mol. The number of ether oxygens (including phenoxy) is 1. The minimum absolute atomic E-state index is 0.122. The molecule has 0 saturated carbocycles. The Bertz CT molecular complexity index is 1280. The van der Waals surface area contributed by atoms with Crippen molar-refractivity contribution in [3.05, 3.63) is 92.9 Å². The van der Waals surface area contributed by atoms with E-state index < -0.39 is 5.69 Å². The van der Waals surface area contributed by atoms with Crippen LogP contribution in [0.5, 0.6) is 0 Å². The molecule has 1 atom stereocenters. The molecule has 4 aromatic rings. The van der Waals surface area contributed by atoms with E-state index >= 15 is 0 Å². The Morgan fingerprint density at radius 3 is 2.40 bits per heavy atom. The van der Waals surface area contributed by atoms with Gasteiger partial charge in [0.1, 0.15) is 0 Å². The van der Waals surface area contributed by atoms with Crippen LogP contribution in [0.2, 0.25) is 0 Å². The van der Waals surface area contributed by atoms with Crippen LogP contribution < -0.4 is 11.2 Å². The van der Waals surface area contributed by atoms with Gasteiger partial charge in [0.2, 0.25) is 0 Å². The van der Waals surface area contributed by atoms with Crippen LogP contribution >= 0.6 is 0 Å². The molecule has 7 nitrogen and oxygen atoms in total. The largest absolute Gasteiger partial charge is 0.383 e. The Morgan fingerprint density at radius 2 is 1.73 bits per heavy atom. The first-order valence-electron chi connectivity index (χ1n) is 9.86. The summed E-state index contributed by atoms with van der Waals surface area (Å²) in [4.78, 5) is 31.1. The van der Waals surface area contributed by atoms with Crippen molar-refractivity contribution in [3.8, 4) is 5.69 Å². The van der Waals surface area contributed by atoms with Crippen LogP contribution in [0.3, 0.4) is 0 Å². The molecular formula is C23H24N4O3. The quantitative estimate of drug-likeness (QED) is 0.495. The summed E-state index contributed by atoms with van der Waals surface area (Å²) >= 11 is 0. The van der Waals surface area contributed by atoms with Crippen LogP contribution in [-0.4, -0.2) is 32.4 Å². The lowest BCUT2D eigenvalue weighted by molar-refractivity contribution is 0.184. The third kappa shape index (κ3) is 3.37. The normalized spacial score (nSPS) is 12.4. The summed E-state index contributed by atoms with van der Waals surface area (Å²) in [5, 5.41) is 0. The van der Waals surface area contributed by atoms with Crippen molar-refractivity contribution in [2.45, 2.75) is 26.4 Å². The number of benzene rings is 2. The average molecular weight is 404 g/mol. The zero-order chi connectivity index (χ0) is 21.3. The molecule has 0 spiro atoms. The number of aromatic nitrogens is 4. The smallest absolute Gasteiger partial charge is 0.337 e. The molecule has 4 rings (SSSR count). The molecule has 0 amide bonds. The first-order valence-corrected chi connectivity index (χ1v) is 9.86. The SMILES string of the molecule is COCCn1c(=O)c2c(ncn2C(C)c2ccccc2)n(-c2ccc(C)cc2)c1=O. The lowest BCUT2D eigenvalue weighted by Gasteiger charge is -2.16. The fourth-order valence-electron chi connectivity index (χ4n) is 3.64. The molecule has 0 bridgehead atoms. The summed E-state index contributed by atoms with van der Waals surface area (Å²) in [6.07, 6.45) is 1.63. The number of imidazole rings is 1. The van der Waals surface area contributed by atoms with Crippen molar-refractivity contribution in [1.82, 2.24) is 18.7 Å². The second-order valence-electron chi connectivity index (χ2n) is 7.31. The lowest BCUT2D eigenvalue weighted by Crippen LogP contribution is -2.41. The number of nitrogens with zero attached hydrogens (tertiary/aromatic N) is 4. The van der Waals surface area contributed by atoms with E-state index in [4.69, 9.17) is 4.74 Å². The molecule has 0 fully saturated rings. The molecule has 30 heavy (non-hydrogen) atoms. The van der Waals surface area contributed by atoms with Crippen molar-refractivity contribution in [2.24, 2.45) is 0 Å². The maximum Gasteiger partial charge on any atom is 0.337 e. The predicted molar refractivity (Wildman–Crippen MR) is 116 cm³/mol. The van der Waals surface area contributed by atoms with Crippen molar-refractivity contribution in [3.63, 3.8) is 0 Å². The van der Waals surface area contributed by atoms with E-state index in [1.165, 1.54) is 9.13 Å². The van der Waals surface area contributed by atoms with Gasteiger partial charge in [-0.2, -0.15) is 0 Å². The molecule has 1 unspecified atom stereocenters. The highest BCUT2D eigenvalue weighted by molar-refractivity contribution is 5.72. The van der Waals surface area contributed by atoms with Crippen LogP contribution in [0.4, 0.5) is 0 Å². The van der Waals surface area contributed by atoms with E-state index in [2.05, 4.69) is 4.98 Å². The highest BCUT2D eigenvalue weighted by Crippen LogP contribution is 2.22. The van der Waals surface area contributed by atoms with Gasteiger partial charge in [0.05, 0.1) is 31.2 Å². The maximum atomic E-state index is 13.3. The fraction of sp³-hybridized carbons (Fsp3) is 0.261. The Hall–Kier alpha value is -3.45. The van der Waals surface area contributed by atoms with Crippen molar-refractivity contribution in [2.75, 3.05) is 13.7 Å². The molecular weight excluding hydrogens is 380 g/mol. The third-order valence-corrected chi connectivity index (χ3v) is 5.37. The van der Waals surface area contributed by atoms with E-state index in [1.807, 2.05) is 73.0 Å². The number of hydrogen-bond acceptors (Lipinski definition) is 4. The maximum absolute atomic E-state index is 13.3. The van der Waals surface area contributed by atoms with Gasteiger partial charge in [-0.15, -0.1) is 0 Å². The highest BCUT2D eigenvalue weighted by Gasteiger charge is 2.21. The van der Waals surface area contributed by atoms with Crippen LogP contribution in [0.1, 0.15) is 24.1 Å². The van der Waals surface area contributed by atoms with Gasteiger partial charge >= 0.3 is 5.69 Å². The molecule has 0 aliphatic rings. The Kier molecular flexibility index (Phi) is 5.37. The molecule has 0 saturated heterocycles. The molecule has 2 aromatic carbocycles. The Morgan fingerprint density at radius 1 is 1.03 bits per heavy atom. The molecule has 2 aromatic heterocycles. The van der Waals surface area contributed by atoms with Gasteiger partial charge in [-0.3, -0.25) is 9.36 Å². The molecule has 0 N–H and O–H groups in total. The third-order valence-electron chi connectivity index (χ3n) is 5.37. The highest BCUT2D eigenvalue weighted by atomic mass is 16.5. The van der Waals surface area contributed by atoms with Gasteiger partial charge in [0.15, 0.2) is 11.2 Å². The summed E-state index contributed by atoms with van der Waals surface area (Å²) in [7, 11) is 1.55. The first-order chi connectivity index (χ1) is 14.5. The Labute approximate surface area is 173 Å². The zero-order valence-electron chi connectivity index (χ0n) is 17.3. The van der Waals surface area contributed by atoms with Crippen molar-refractivity contribution >= 4 is 11.2 Å². The van der Waals surface area contributed by atoms with Gasteiger partial charge in [-0.1, -0.05) is 48.0 Å². The first kappa shape index (κ1) is 19.8. The zero-order valence-corrected chi connectivity index (χ0v) is 17.3. The Balaban J connectivity index is 2.02. The predicted octanol–water partition coefficient (Wildman–Crippen LogP) is 2.91. The second-order valence-corrected chi connectivity index (χ2v) is 7.31. The van der Waals surface area contributed by atoms with E-state index in [0.29, 0.717) is 16.9 Å². The molecule has 7 heteroatoms. The van der Waals surface area contributed by atoms with Gasteiger partial charge in [-0.25, -0.2) is 14.3 Å². The number of aryl methyl sites for hydroxylation is 1. The van der Waals surface area contributed by atoms with Crippen LogP contribution in [0.25, 0.3) is 16.9 Å². The van der Waals surface area contributed by atoms with Gasteiger partial charge in [0.25, 0.3) is 5.56 Å². The van der Waals surface area contributed by atoms with E-state index in [-0.39, 0.29) is 24.8 Å². The standard InChI is InChI=1S/C23H24N4O3/c1-16-9-11-19(12-10-16)27-21-20(22(28)25(23(27)29)13-14-30-3)26(15-24-21)17(2)18-7-5-4-6-8-18/h4-12,15,17H,13-14H2,1-3H3. The molecule has 2 heterocycles. The minimum Gasteiger partial charge on any atom is -0.383 e. The van der Waals surface area contributed by atoms with Crippen molar-refractivity contribution in [1.29, 1.82) is 0 Å². The van der Waals surface area contributed by atoms with E-state index in [1.54, 1.807) is 13.4 Å². The number of rotatable bonds is 6. The number of fused-ring (bicyclic) bond motifs is 1.